The van der Waals surface area contributed by atoms with E-state index in [-0.39, 0.29) is 12.0 Å². The lowest BCUT2D eigenvalue weighted by molar-refractivity contribution is -0.198. The van der Waals surface area contributed by atoms with Gasteiger partial charge in [-0.1, -0.05) is 20.8 Å². The highest BCUT2D eigenvalue weighted by Crippen LogP contribution is 2.45. The second-order valence-electron chi connectivity index (χ2n) is 8.15. The van der Waals surface area contributed by atoms with Crippen LogP contribution in [-0.4, -0.2) is 53.6 Å². The van der Waals surface area contributed by atoms with Crippen molar-refractivity contribution in [2.75, 3.05) is 19.7 Å². The van der Waals surface area contributed by atoms with Gasteiger partial charge in [0, 0.05) is 25.9 Å². The van der Waals surface area contributed by atoms with E-state index in [0.29, 0.717) is 31.0 Å². The highest BCUT2D eigenvalue weighted by atomic mass is 16.7. The summed E-state index contributed by atoms with van der Waals surface area (Å²) in [4.78, 5) is 13.6. The van der Waals surface area contributed by atoms with Gasteiger partial charge >= 0.3 is 0 Å². The first-order valence-corrected chi connectivity index (χ1v) is 8.95. The van der Waals surface area contributed by atoms with Crippen molar-refractivity contribution < 1.29 is 19.4 Å². The first-order chi connectivity index (χ1) is 10.7. The number of carbonyl (C=O) groups excluding carboxylic acids is 1. The van der Waals surface area contributed by atoms with E-state index in [1.807, 2.05) is 6.92 Å². The van der Waals surface area contributed by atoms with Crippen LogP contribution in [0.4, 0.5) is 0 Å². The van der Waals surface area contributed by atoms with Gasteiger partial charge in [-0.15, -0.1) is 0 Å². The van der Waals surface area contributed by atoms with E-state index < -0.39 is 11.9 Å². The average molecular weight is 327 g/mol. The van der Waals surface area contributed by atoms with Gasteiger partial charge in [-0.3, -0.25) is 4.79 Å². The summed E-state index contributed by atoms with van der Waals surface area (Å²) in [5, 5.41) is 9.48. The van der Waals surface area contributed by atoms with Crippen LogP contribution >= 0.6 is 0 Å². The van der Waals surface area contributed by atoms with Crippen molar-refractivity contribution in [3.8, 4) is 0 Å². The number of likely N-dealkylation sites (N-methyl/N-ethyl adjacent to an activating group) is 1. The summed E-state index contributed by atoms with van der Waals surface area (Å²) < 4.78 is 12.2. The maximum absolute atomic E-state index is 12.0. The number of rotatable bonds is 4. The molecule has 134 valence electrons. The topological polar surface area (TPSA) is 59.0 Å². The molecule has 1 saturated heterocycles. The molecule has 0 aromatic carbocycles. The molecule has 1 aliphatic carbocycles. The molecule has 2 rings (SSSR count). The number of aliphatic hydroxyl groups is 1. The van der Waals surface area contributed by atoms with Crippen molar-refractivity contribution >= 4 is 5.91 Å². The highest BCUT2D eigenvalue weighted by molar-refractivity contribution is 5.80. The fourth-order valence-electron chi connectivity index (χ4n) is 3.78. The fourth-order valence-corrected chi connectivity index (χ4v) is 3.78. The Kier molecular flexibility index (Phi) is 5.75. The Morgan fingerprint density at radius 2 is 1.96 bits per heavy atom. The number of aliphatic hydroxyl groups excluding tert-OH is 1. The molecule has 0 aromatic rings. The number of hydrogen-bond donors (Lipinski definition) is 1. The summed E-state index contributed by atoms with van der Waals surface area (Å²) in [7, 11) is 0. The van der Waals surface area contributed by atoms with Gasteiger partial charge in [0.2, 0.25) is 0 Å². The molecule has 5 heteroatoms. The Hall–Kier alpha value is -0.650. The Bertz CT molecular complexity index is 408. The van der Waals surface area contributed by atoms with E-state index in [9.17, 15) is 9.90 Å². The lowest BCUT2D eigenvalue weighted by atomic mass is 9.71. The van der Waals surface area contributed by atoms with Crippen LogP contribution in [0.1, 0.15) is 60.3 Å². The molecule has 1 amide bonds. The summed E-state index contributed by atoms with van der Waals surface area (Å²) in [6, 6.07) is 0. The third-order valence-corrected chi connectivity index (χ3v) is 5.36. The standard InChI is InChI=1S/C18H33NO4/c1-6-19(16(21)13(2)20)11-15-12-22-18(23-15)9-7-14(8-10-18)17(3,4)5/h13-15,20H,6-12H2,1-5H3. The smallest absolute Gasteiger partial charge is 0.251 e. The molecule has 1 spiro atoms. The van der Waals surface area contributed by atoms with Crippen LogP contribution in [0.3, 0.4) is 0 Å². The number of amides is 1. The van der Waals surface area contributed by atoms with Crippen molar-refractivity contribution in [3.05, 3.63) is 0 Å². The average Bonchev–Trinajstić information content (AvgIpc) is 2.86. The van der Waals surface area contributed by atoms with Crippen molar-refractivity contribution in [1.82, 2.24) is 4.90 Å². The third-order valence-electron chi connectivity index (χ3n) is 5.36. The molecule has 2 aliphatic rings. The molecule has 0 radical (unpaired) electrons. The number of ether oxygens (including phenoxy) is 2. The quantitative estimate of drug-likeness (QED) is 0.862. The van der Waals surface area contributed by atoms with Crippen LogP contribution in [0.15, 0.2) is 0 Å². The largest absolute Gasteiger partial charge is 0.384 e. The second-order valence-corrected chi connectivity index (χ2v) is 8.15. The normalized spacial score (nSPS) is 33.0. The first kappa shape index (κ1) is 18.7. The molecule has 0 aromatic heterocycles. The zero-order chi connectivity index (χ0) is 17.3. The molecule has 2 atom stereocenters. The van der Waals surface area contributed by atoms with Gasteiger partial charge in [-0.05, 0) is 38.0 Å². The minimum Gasteiger partial charge on any atom is -0.384 e. The summed E-state index contributed by atoms with van der Waals surface area (Å²) in [6.45, 7) is 11.9. The maximum atomic E-state index is 12.0. The van der Waals surface area contributed by atoms with Crippen LogP contribution in [0.5, 0.6) is 0 Å². The summed E-state index contributed by atoms with van der Waals surface area (Å²) >= 11 is 0. The Balaban J connectivity index is 1.88. The van der Waals surface area contributed by atoms with E-state index in [1.165, 1.54) is 6.92 Å². The van der Waals surface area contributed by atoms with Crippen molar-refractivity contribution in [1.29, 1.82) is 0 Å². The molecular weight excluding hydrogens is 294 g/mol. The molecular formula is C18H33NO4. The van der Waals surface area contributed by atoms with E-state index in [2.05, 4.69) is 20.8 Å². The Labute approximate surface area is 140 Å². The summed E-state index contributed by atoms with van der Waals surface area (Å²) in [6.07, 6.45) is 3.06. The van der Waals surface area contributed by atoms with Gasteiger partial charge in [0.15, 0.2) is 5.79 Å². The van der Waals surface area contributed by atoms with E-state index in [4.69, 9.17) is 9.47 Å². The van der Waals surface area contributed by atoms with Crippen LogP contribution < -0.4 is 0 Å². The number of hydrogen-bond acceptors (Lipinski definition) is 4. The molecule has 1 heterocycles. The monoisotopic (exact) mass is 327 g/mol. The Morgan fingerprint density at radius 1 is 1.35 bits per heavy atom. The van der Waals surface area contributed by atoms with E-state index in [0.717, 1.165) is 25.7 Å². The van der Waals surface area contributed by atoms with Gasteiger partial charge in [0.05, 0.1) is 6.61 Å². The molecule has 1 saturated carbocycles. The van der Waals surface area contributed by atoms with Gasteiger partial charge in [0.1, 0.15) is 12.2 Å². The van der Waals surface area contributed by atoms with Crippen molar-refractivity contribution in [2.45, 2.75) is 78.3 Å². The maximum Gasteiger partial charge on any atom is 0.251 e. The van der Waals surface area contributed by atoms with Gasteiger partial charge in [-0.25, -0.2) is 0 Å². The fraction of sp³-hybridized carbons (Fsp3) is 0.944. The molecule has 1 N–H and O–H groups in total. The zero-order valence-corrected chi connectivity index (χ0v) is 15.3. The molecule has 23 heavy (non-hydrogen) atoms. The van der Waals surface area contributed by atoms with Crippen LogP contribution in [0.2, 0.25) is 0 Å². The zero-order valence-electron chi connectivity index (χ0n) is 15.3. The van der Waals surface area contributed by atoms with Crippen LogP contribution in [0, 0.1) is 11.3 Å². The predicted molar refractivity (Wildman–Crippen MR) is 88.9 cm³/mol. The molecule has 0 bridgehead atoms. The Morgan fingerprint density at radius 3 is 2.43 bits per heavy atom. The number of carbonyl (C=O) groups is 1. The lowest BCUT2D eigenvalue weighted by Gasteiger charge is -2.41. The second kappa shape index (κ2) is 7.08. The van der Waals surface area contributed by atoms with Crippen molar-refractivity contribution in [3.63, 3.8) is 0 Å². The van der Waals surface area contributed by atoms with Crippen molar-refractivity contribution in [2.24, 2.45) is 11.3 Å². The van der Waals surface area contributed by atoms with E-state index in [1.54, 1.807) is 4.90 Å². The first-order valence-electron chi connectivity index (χ1n) is 8.95. The number of nitrogens with zero attached hydrogens (tertiary/aromatic N) is 1. The molecule has 1 aliphatic heterocycles. The van der Waals surface area contributed by atoms with Crippen LogP contribution in [-0.2, 0) is 14.3 Å². The molecule has 2 fully saturated rings. The van der Waals surface area contributed by atoms with Gasteiger partial charge in [-0.2, -0.15) is 0 Å². The molecule has 2 unspecified atom stereocenters. The lowest BCUT2D eigenvalue weighted by Crippen LogP contribution is -2.44. The van der Waals surface area contributed by atoms with Gasteiger partial charge in [0.25, 0.3) is 5.91 Å². The minimum atomic E-state index is -0.964. The minimum absolute atomic E-state index is 0.0937. The summed E-state index contributed by atoms with van der Waals surface area (Å²) in [5.41, 5.74) is 0.336. The highest BCUT2D eigenvalue weighted by Gasteiger charge is 2.46. The predicted octanol–water partition coefficient (Wildman–Crippen LogP) is 2.56. The molecule has 5 nitrogen and oxygen atoms in total. The van der Waals surface area contributed by atoms with Gasteiger partial charge < -0.3 is 19.5 Å². The SMILES string of the molecule is CCN(CC1COC2(CCC(C(C)(C)C)CC2)O1)C(=O)C(C)O. The third kappa shape index (κ3) is 4.46. The van der Waals surface area contributed by atoms with E-state index >= 15 is 0 Å². The van der Waals surface area contributed by atoms with Crippen LogP contribution in [0.25, 0.3) is 0 Å². The summed E-state index contributed by atoms with van der Waals surface area (Å²) in [5.74, 6) is 0.0245.